The first-order valence-electron chi connectivity index (χ1n) is 6.07. The quantitative estimate of drug-likeness (QED) is 0.496. The molecule has 0 saturated carbocycles. The summed E-state index contributed by atoms with van der Waals surface area (Å²) in [6, 6.07) is 18.3. The maximum Gasteiger partial charge on any atom is 0.336 e. The standard InChI is InChI=1S/C9H6O2.C6H5N3/c10-9-6-5-7-3-1-2-4-8(7)11-9;1-2-4-6-5(3-1)7-9-8-6/h1-6H;1-4H,(H,7,8,9). The number of para-hydroxylation sites is 3. The molecule has 0 bridgehead atoms. The van der Waals surface area contributed by atoms with Crippen molar-refractivity contribution in [2.45, 2.75) is 0 Å². The van der Waals surface area contributed by atoms with E-state index in [0.29, 0.717) is 5.58 Å². The molecule has 0 aliphatic carbocycles. The van der Waals surface area contributed by atoms with Crippen molar-refractivity contribution < 1.29 is 4.42 Å². The van der Waals surface area contributed by atoms with Gasteiger partial charge < -0.3 is 4.42 Å². The molecule has 0 aliphatic rings. The number of benzene rings is 2. The second-order valence-corrected chi connectivity index (χ2v) is 4.10. The van der Waals surface area contributed by atoms with Gasteiger partial charge in [0.1, 0.15) is 16.6 Å². The Balaban J connectivity index is 0.000000123. The van der Waals surface area contributed by atoms with Gasteiger partial charge in [-0.2, -0.15) is 15.4 Å². The number of fused-ring (bicyclic) bond motifs is 2. The molecule has 2 heterocycles. The van der Waals surface area contributed by atoms with Crippen molar-refractivity contribution in [3.63, 3.8) is 0 Å². The molecule has 0 unspecified atom stereocenters. The summed E-state index contributed by atoms with van der Waals surface area (Å²) >= 11 is 0. The van der Waals surface area contributed by atoms with E-state index in [1.807, 2.05) is 42.5 Å². The van der Waals surface area contributed by atoms with Gasteiger partial charge in [0.25, 0.3) is 0 Å². The maximum absolute atomic E-state index is 10.7. The molecular formula is C15H11N3O2. The monoisotopic (exact) mass is 265 g/mol. The number of nitrogens with one attached hydrogen (secondary N) is 1. The summed E-state index contributed by atoms with van der Waals surface area (Å²) < 4.78 is 4.91. The number of H-pyrrole nitrogens is 1. The molecule has 0 fully saturated rings. The van der Waals surface area contributed by atoms with E-state index in [-0.39, 0.29) is 5.63 Å². The van der Waals surface area contributed by atoms with Gasteiger partial charge in [-0.15, -0.1) is 0 Å². The Morgan fingerprint density at radius 2 is 1.45 bits per heavy atom. The van der Waals surface area contributed by atoms with E-state index in [1.165, 1.54) is 6.07 Å². The lowest BCUT2D eigenvalue weighted by Gasteiger charge is -1.91. The largest absolute Gasteiger partial charge is 0.423 e. The SMILES string of the molecule is O=c1ccc2ccccc2o1.c1ccc2n[nH]nc2c1. The van der Waals surface area contributed by atoms with Crippen LogP contribution in [0.1, 0.15) is 0 Å². The Morgan fingerprint density at radius 3 is 2.20 bits per heavy atom. The fourth-order valence-electron chi connectivity index (χ4n) is 1.80. The minimum absolute atomic E-state index is 0.302. The molecule has 1 N–H and O–H groups in total. The van der Waals surface area contributed by atoms with Crippen molar-refractivity contribution in [1.29, 1.82) is 0 Å². The van der Waals surface area contributed by atoms with E-state index in [1.54, 1.807) is 12.1 Å². The first kappa shape index (κ1) is 12.1. The topological polar surface area (TPSA) is 71.8 Å². The van der Waals surface area contributed by atoms with Gasteiger partial charge in [0.15, 0.2) is 0 Å². The van der Waals surface area contributed by atoms with Crippen molar-refractivity contribution in [1.82, 2.24) is 15.4 Å². The van der Waals surface area contributed by atoms with Crippen LogP contribution in [0.4, 0.5) is 0 Å². The fraction of sp³-hybridized carbons (Fsp3) is 0. The molecule has 98 valence electrons. The third kappa shape index (κ3) is 2.56. The number of aromatic amines is 1. The molecule has 0 saturated heterocycles. The van der Waals surface area contributed by atoms with Crippen LogP contribution >= 0.6 is 0 Å². The lowest BCUT2D eigenvalue weighted by atomic mass is 10.2. The summed E-state index contributed by atoms with van der Waals surface area (Å²) in [6.45, 7) is 0. The highest BCUT2D eigenvalue weighted by Crippen LogP contribution is 2.09. The Labute approximate surface area is 113 Å². The van der Waals surface area contributed by atoms with Gasteiger partial charge in [-0.25, -0.2) is 4.79 Å². The van der Waals surface area contributed by atoms with Gasteiger partial charge in [0.2, 0.25) is 0 Å². The van der Waals surface area contributed by atoms with Crippen molar-refractivity contribution in [2.75, 3.05) is 0 Å². The highest BCUT2D eigenvalue weighted by atomic mass is 16.4. The van der Waals surface area contributed by atoms with Crippen LogP contribution in [-0.4, -0.2) is 15.4 Å². The summed E-state index contributed by atoms with van der Waals surface area (Å²) in [6.07, 6.45) is 0. The van der Waals surface area contributed by atoms with Crippen LogP contribution in [0.15, 0.2) is 69.9 Å². The van der Waals surface area contributed by atoms with Gasteiger partial charge in [-0.05, 0) is 24.3 Å². The van der Waals surface area contributed by atoms with Gasteiger partial charge >= 0.3 is 5.63 Å². The van der Waals surface area contributed by atoms with Crippen LogP contribution in [0.5, 0.6) is 0 Å². The highest BCUT2D eigenvalue weighted by Gasteiger charge is 1.92. The number of nitrogens with zero attached hydrogens (tertiary/aromatic N) is 2. The van der Waals surface area contributed by atoms with Crippen LogP contribution in [0.25, 0.3) is 22.0 Å². The predicted octanol–water partition coefficient (Wildman–Crippen LogP) is 2.75. The molecule has 2 aromatic carbocycles. The van der Waals surface area contributed by atoms with Crippen LogP contribution in [0, 0.1) is 0 Å². The van der Waals surface area contributed by atoms with E-state index in [2.05, 4.69) is 15.4 Å². The molecule has 0 radical (unpaired) electrons. The van der Waals surface area contributed by atoms with E-state index in [0.717, 1.165) is 16.4 Å². The third-order valence-electron chi connectivity index (χ3n) is 2.75. The first-order chi connectivity index (χ1) is 9.83. The summed E-state index contributed by atoms with van der Waals surface area (Å²) in [5.74, 6) is 0. The smallest absolute Gasteiger partial charge is 0.336 e. The molecule has 0 amide bonds. The second-order valence-electron chi connectivity index (χ2n) is 4.10. The molecule has 0 atom stereocenters. The van der Waals surface area contributed by atoms with Gasteiger partial charge in [-0.3, -0.25) is 0 Å². The van der Waals surface area contributed by atoms with Crippen molar-refractivity contribution in [3.8, 4) is 0 Å². The van der Waals surface area contributed by atoms with Crippen LogP contribution in [-0.2, 0) is 0 Å². The van der Waals surface area contributed by atoms with Crippen molar-refractivity contribution >= 4 is 22.0 Å². The average molecular weight is 265 g/mol. The minimum atomic E-state index is -0.302. The van der Waals surface area contributed by atoms with Gasteiger partial charge in [0, 0.05) is 11.5 Å². The summed E-state index contributed by atoms with van der Waals surface area (Å²) in [4.78, 5) is 10.7. The zero-order chi connectivity index (χ0) is 13.8. The third-order valence-corrected chi connectivity index (χ3v) is 2.75. The Bertz CT molecular complexity index is 866. The molecule has 4 rings (SSSR count). The normalized spacial score (nSPS) is 10.2. The second kappa shape index (κ2) is 5.36. The fourth-order valence-corrected chi connectivity index (χ4v) is 1.80. The molecular weight excluding hydrogens is 254 g/mol. The van der Waals surface area contributed by atoms with Crippen LogP contribution < -0.4 is 5.63 Å². The highest BCUT2D eigenvalue weighted by molar-refractivity contribution is 5.75. The van der Waals surface area contributed by atoms with E-state index in [4.69, 9.17) is 4.42 Å². The molecule has 4 aromatic rings. The average Bonchev–Trinajstić information content (AvgIpc) is 2.96. The zero-order valence-corrected chi connectivity index (χ0v) is 10.5. The summed E-state index contributed by atoms with van der Waals surface area (Å²) in [5, 5.41) is 11.3. The molecule has 20 heavy (non-hydrogen) atoms. The Hall–Kier alpha value is -2.95. The number of aromatic nitrogens is 3. The van der Waals surface area contributed by atoms with E-state index >= 15 is 0 Å². The summed E-state index contributed by atoms with van der Waals surface area (Å²) in [7, 11) is 0. The maximum atomic E-state index is 10.7. The van der Waals surface area contributed by atoms with Gasteiger partial charge in [0.05, 0.1) is 0 Å². The van der Waals surface area contributed by atoms with Crippen molar-refractivity contribution in [3.05, 3.63) is 71.1 Å². The Kier molecular flexibility index (Phi) is 3.24. The molecule has 2 aromatic heterocycles. The predicted molar refractivity (Wildman–Crippen MR) is 76.4 cm³/mol. The van der Waals surface area contributed by atoms with Crippen LogP contribution in [0.3, 0.4) is 0 Å². The first-order valence-corrected chi connectivity index (χ1v) is 6.07. The lowest BCUT2D eigenvalue weighted by molar-refractivity contribution is 0.561. The molecule has 0 aliphatic heterocycles. The number of hydrogen-bond acceptors (Lipinski definition) is 4. The lowest BCUT2D eigenvalue weighted by Crippen LogP contribution is -1.93. The van der Waals surface area contributed by atoms with Gasteiger partial charge in [-0.1, -0.05) is 30.3 Å². The Morgan fingerprint density at radius 1 is 0.800 bits per heavy atom. The molecule has 5 nitrogen and oxygen atoms in total. The van der Waals surface area contributed by atoms with E-state index in [9.17, 15) is 4.79 Å². The zero-order valence-electron chi connectivity index (χ0n) is 10.5. The van der Waals surface area contributed by atoms with E-state index < -0.39 is 0 Å². The number of rotatable bonds is 0. The number of hydrogen-bond donors (Lipinski definition) is 1. The minimum Gasteiger partial charge on any atom is -0.423 e. The van der Waals surface area contributed by atoms with Crippen LogP contribution in [0.2, 0.25) is 0 Å². The summed E-state index contributed by atoms with van der Waals surface area (Å²) in [5.41, 5.74) is 2.17. The van der Waals surface area contributed by atoms with Crippen molar-refractivity contribution in [2.24, 2.45) is 0 Å². The molecule has 0 spiro atoms. The molecule has 5 heteroatoms.